The van der Waals surface area contributed by atoms with E-state index in [0.717, 1.165) is 30.6 Å². The predicted octanol–water partition coefficient (Wildman–Crippen LogP) is 2.95. The second-order valence-electron chi connectivity index (χ2n) is 5.05. The fourth-order valence-electron chi connectivity index (χ4n) is 2.88. The van der Waals surface area contributed by atoms with Crippen molar-refractivity contribution in [2.75, 3.05) is 6.54 Å². The monoisotopic (exact) mass is 293 g/mol. The molecule has 1 amide bonds. The molecule has 1 saturated heterocycles. The van der Waals surface area contributed by atoms with Crippen LogP contribution in [0.4, 0.5) is 0 Å². The van der Waals surface area contributed by atoms with Gasteiger partial charge in [-0.3, -0.25) is 9.48 Å². The van der Waals surface area contributed by atoms with Crippen LogP contribution in [-0.4, -0.2) is 27.1 Å². The molecule has 0 saturated carbocycles. The fraction of sp³-hybridized carbons (Fsp3) is 0.429. The third kappa shape index (κ3) is 2.02. The molecule has 0 aliphatic carbocycles. The van der Waals surface area contributed by atoms with Crippen molar-refractivity contribution in [1.29, 1.82) is 0 Å². The van der Waals surface area contributed by atoms with E-state index < -0.39 is 0 Å². The zero-order valence-corrected chi connectivity index (χ0v) is 12.2. The van der Waals surface area contributed by atoms with Crippen molar-refractivity contribution in [3.05, 3.63) is 40.6 Å². The first kappa shape index (κ1) is 13.2. The number of carbonyl (C=O) groups excluding carboxylic acids is 1. The largest absolute Gasteiger partial charge is 0.459 e. The zero-order chi connectivity index (χ0) is 14.3. The second kappa shape index (κ2) is 4.98. The van der Waals surface area contributed by atoms with Crippen molar-refractivity contribution >= 4 is 17.5 Å². The normalized spacial score (nSPS) is 18.8. The number of nitrogens with zero attached hydrogens (tertiary/aromatic N) is 3. The van der Waals surface area contributed by atoms with Gasteiger partial charge in [0.2, 0.25) is 0 Å². The van der Waals surface area contributed by atoms with Crippen LogP contribution in [0.3, 0.4) is 0 Å². The van der Waals surface area contributed by atoms with Crippen molar-refractivity contribution in [3.63, 3.8) is 0 Å². The van der Waals surface area contributed by atoms with Crippen molar-refractivity contribution in [2.24, 2.45) is 7.05 Å². The molecule has 20 heavy (non-hydrogen) atoms. The van der Waals surface area contributed by atoms with Gasteiger partial charge in [-0.1, -0.05) is 11.6 Å². The summed E-state index contributed by atoms with van der Waals surface area (Å²) in [6, 6.07) is 3.39. The van der Waals surface area contributed by atoms with Gasteiger partial charge in [0.05, 0.1) is 18.0 Å². The van der Waals surface area contributed by atoms with Gasteiger partial charge in [-0.25, -0.2) is 0 Å². The minimum atomic E-state index is -0.0863. The van der Waals surface area contributed by atoms with Crippen LogP contribution < -0.4 is 0 Å². The van der Waals surface area contributed by atoms with Gasteiger partial charge in [-0.15, -0.1) is 0 Å². The van der Waals surface area contributed by atoms with Crippen molar-refractivity contribution in [3.8, 4) is 0 Å². The molecule has 5 nitrogen and oxygen atoms in total. The van der Waals surface area contributed by atoms with Crippen LogP contribution in [0.1, 0.15) is 40.7 Å². The van der Waals surface area contributed by atoms with Crippen LogP contribution in [0.25, 0.3) is 0 Å². The van der Waals surface area contributed by atoms with Gasteiger partial charge in [0.25, 0.3) is 5.91 Å². The Bertz CT molecular complexity index is 633. The maximum absolute atomic E-state index is 12.5. The highest BCUT2D eigenvalue weighted by Gasteiger charge is 2.35. The van der Waals surface area contributed by atoms with E-state index in [-0.39, 0.29) is 11.9 Å². The van der Waals surface area contributed by atoms with E-state index in [0.29, 0.717) is 10.9 Å². The summed E-state index contributed by atoms with van der Waals surface area (Å²) in [6.45, 7) is 2.64. The molecular formula is C14H16ClN3O2. The van der Waals surface area contributed by atoms with Crippen LogP contribution >= 0.6 is 11.6 Å². The Hall–Kier alpha value is -1.75. The molecule has 0 unspecified atom stereocenters. The molecule has 0 aromatic carbocycles. The molecule has 0 spiro atoms. The zero-order valence-electron chi connectivity index (χ0n) is 11.5. The number of aromatic nitrogens is 2. The first-order valence-electron chi connectivity index (χ1n) is 6.63. The molecule has 2 aromatic heterocycles. The number of hydrogen-bond donors (Lipinski definition) is 0. The Morgan fingerprint density at radius 2 is 2.35 bits per heavy atom. The Morgan fingerprint density at radius 1 is 1.55 bits per heavy atom. The van der Waals surface area contributed by atoms with Crippen LogP contribution in [0, 0.1) is 6.92 Å². The third-order valence-corrected chi connectivity index (χ3v) is 4.22. The molecule has 0 radical (unpaired) electrons. The highest BCUT2D eigenvalue weighted by Crippen LogP contribution is 2.38. The second-order valence-corrected chi connectivity index (χ2v) is 5.41. The lowest BCUT2D eigenvalue weighted by molar-refractivity contribution is 0.0703. The van der Waals surface area contributed by atoms with E-state index in [1.165, 1.54) is 6.26 Å². The number of furan rings is 1. The summed E-state index contributed by atoms with van der Waals surface area (Å²) in [4.78, 5) is 14.3. The van der Waals surface area contributed by atoms with Crippen molar-refractivity contribution < 1.29 is 9.21 Å². The van der Waals surface area contributed by atoms with Gasteiger partial charge in [-0.05, 0) is 31.9 Å². The Morgan fingerprint density at radius 3 is 2.95 bits per heavy atom. The number of rotatable bonds is 2. The molecule has 2 aromatic rings. The first-order valence-corrected chi connectivity index (χ1v) is 7.01. The molecule has 0 bridgehead atoms. The average molecular weight is 294 g/mol. The third-order valence-electron chi connectivity index (χ3n) is 3.78. The fourth-order valence-corrected chi connectivity index (χ4v) is 3.18. The SMILES string of the molecule is Cc1nn(C)c(Cl)c1[C@H]1CCCN1C(=O)c1ccco1. The van der Waals surface area contributed by atoms with Gasteiger partial charge in [0, 0.05) is 19.2 Å². The summed E-state index contributed by atoms with van der Waals surface area (Å²) in [5.74, 6) is 0.284. The number of halogens is 1. The standard InChI is InChI=1S/C14H16ClN3O2/c1-9-12(13(15)17(2)16-9)10-5-3-7-18(10)14(19)11-6-4-8-20-11/h4,6,8,10H,3,5,7H2,1-2H3/t10-/m1/s1. The molecule has 1 aliphatic rings. The minimum Gasteiger partial charge on any atom is -0.459 e. The van der Waals surface area contributed by atoms with E-state index in [9.17, 15) is 4.79 Å². The summed E-state index contributed by atoms with van der Waals surface area (Å²) in [6.07, 6.45) is 3.38. The predicted molar refractivity (Wildman–Crippen MR) is 74.7 cm³/mol. The average Bonchev–Trinajstić information content (AvgIpc) is 3.12. The lowest BCUT2D eigenvalue weighted by Crippen LogP contribution is -2.30. The van der Waals surface area contributed by atoms with Crippen LogP contribution in [0.5, 0.6) is 0 Å². The molecule has 1 aliphatic heterocycles. The molecule has 3 rings (SSSR count). The van der Waals surface area contributed by atoms with E-state index in [1.54, 1.807) is 16.8 Å². The summed E-state index contributed by atoms with van der Waals surface area (Å²) in [5, 5.41) is 4.94. The molecule has 6 heteroatoms. The number of likely N-dealkylation sites (tertiary alicyclic amines) is 1. The minimum absolute atomic E-state index is 0.0196. The van der Waals surface area contributed by atoms with E-state index >= 15 is 0 Å². The summed E-state index contributed by atoms with van der Waals surface area (Å²) in [5.41, 5.74) is 1.83. The topological polar surface area (TPSA) is 51.3 Å². The maximum atomic E-state index is 12.5. The first-order chi connectivity index (χ1) is 9.59. The number of hydrogen-bond acceptors (Lipinski definition) is 3. The molecule has 1 fully saturated rings. The van der Waals surface area contributed by atoms with Crippen LogP contribution in [-0.2, 0) is 7.05 Å². The highest BCUT2D eigenvalue weighted by molar-refractivity contribution is 6.30. The maximum Gasteiger partial charge on any atom is 0.290 e. The lowest BCUT2D eigenvalue weighted by atomic mass is 10.1. The molecule has 3 heterocycles. The van der Waals surface area contributed by atoms with E-state index in [2.05, 4.69) is 5.10 Å². The lowest BCUT2D eigenvalue weighted by Gasteiger charge is -2.24. The van der Waals surface area contributed by atoms with E-state index in [4.69, 9.17) is 16.0 Å². The molecule has 1 atom stereocenters. The number of amides is 1. The van der Waals surface area contributed by atoms with Gasteiger partial charge < -0.3 is 9.32 Å². The van der Waals surface area contributed by atoms with Crippen LogP contribution in [0.2, 0.25) is 5.15 Å². The Labute approximate surface area is 122 Å². The van der Waals surface area contributed by atoms with Gasteiger partial charge in [0.15, 0.2) is 5.76 Å². The Kier molecular flexibility index (Phi) is 3.30. The molecular weight excluding hydrogens is 278 g/mol. The van der Waals surface area contributed by atoms with Gasteiger partial charge >= 0.3 is 0 Å². The number of carbonyl (C=O) groups is 1. The quantitative estimate of drug-likeness (QED) is 0.855. The Balaban J connectivity index is 1.95. The summed E-state index contributed by atoms with van der Waals surface area (Å²) >= 11 is 6.33. The number of aryl methyl sites for hydroxylation is 2. The molecule has 0 N–H and O–H groups in total. The van der Waals surface area contributed by atoms with Crippen molar-refractivity contribution in [1.82, 2.24) is 14.7 Å². The van der Waals surface area contributed by atoms with Gasteiger partial charge in [0.1, 0.15) is 5.15 Å². The van der Waals surface area contributed by atoms with Crippen molar-refractivity contribution in [2.45, 2.75) is 25.8 Å². The van der Waals surface area contributed by atoms with Gasteiger partial charge in [-0.2, -0.15) is 5.10 Å². The summed E-state index contributed by atoms with van der Waals surface area (Å²) in [7, 11) is 1.81. The van der Waals surface area contributed by atoms with Crippen LogP contribution in [0.15, 0.2) is 22.8 Å². The van der Waals surface area contributed by atoms with E-state index in [1.807, 2.05) is 18.9 Å². The summed E-state index contributed by atoms with van der Waals surface area (Å²) < 4.78 is 6.87. The smallest absolute Gasteiger partial charge is 0.290 e. The highest BCUT2D eigenvalue weighted by atomic mass is 35.5. The molecule has 106 valence electrons.